The molecule has 1 aromatic rings. The first kappa shape index (κ1) is 10.7. The first-order valence-corrected chi connectivity index (χ1v) is 5.63. The molecule has 0 unspecified atom stereocenters. The number of hydrogen-bond donors (Lipinski definition) is 0. The van der Waals surface area contributed by atoms with Crippen LogP contribution < -0.4 is 0 Å². The lowest BCUT2D eigenvalue weighted by atomic mass is 10.4. The van der Waals surface area contributed by atoms with Crippen molar-refractivity contribution < 1.29 is 8.42 Å². The highest BCUT2D eigenvalue weighted by molar-refractivity contribution is 7.92. The van der Waals surface area contributed by atoms with E-state index in [2.05, 4.69) is 4.98 Å². The minimum absolute atomic E-state index is 0.159. The van der Waals surface area contributed by atoms with Crippen LogP contribution in [-0.4, -0.2) is 18.7 Å². The molecule has 0 amide bonds. The van der Waals surface area contributed by atoms with Crippen molar-refractivity contribution in [2.45, 2.75) is 24.0 Å². The smallest absolute Gasteiger partial charge is 0.182 e. The van der Waals surface area contributed by atoms with Crippen molar-refractivity contribution in [3.05, 3.63) is 24.0 Å². The van der Waals surface area contributed by atoms with E-state index in [1.165, 1.54) is 18.3 Å². The summed E-state index contributed by atoms with van der Waals surface area (Å²) in [6, 6.07) is 4.63. The standard InChI is InChI=1S/C9H10N2O2S/c1-7(2)14(12,13)9-4-3-8(5-10)11-6-9/h3-4,6-7H,1-2H3. The molecule has 0 aromatic carbocycles. The van der Waals surface area contributed by atoms with Gasteiger partial charge in [-0.1, -0.05) is 0 Å². The van der Waals surface area contributed by atoms with E-state index in [-0.39, 0.29) is 10.6 Å². The molecule has 0 fully saturated rings. The SMILES string of the molecule is CC(C)S(=O)(=O)c1ccc(C#N)nc1. The zero-order valence-corrected chi connectivity index (χ0v) is 8.75. The van der Waals surface area contributed by atoms with Crippen LogP contribution in [0.25, 0.3) is 0 Å². The predicted octanol–water partition coefficient (Wildman–Crippen LogP) is 1.14. The van der Waals surface area contributed by atoms with Gasteiger partial charge < -0.3 is 0 Å². The van der Waals surface area contributed by atoms with Crippen molar-refractivity contribution in [3.8, 4) is 6.07 Å². The average molecular weight is 210 g/mol. The van der Waals surface area contributed by atoms with Gasteiger partial charge in [-0.15, -0.1) is 0 Å². The van der Waals surface area contributed by atoms with Gasteiger partial charge in [-0.25, -0.2) is 13.4 Å². The lowest BCUT2D eigenvalue weighted by Crippen LogP contribution is -2.14. The summed E-state index contributed by atoms with van der Waals surface area (Å²) in [5.74, 6) is 0. The molecule has 0 radical (unpaired) electrons. The Bertz CT molecular complexity index is 455. The largest absolute Gasteiger partial charge is 0.244 e. The van der Waals surface area contributed by atoms with E-state index >= 15 is 0 Å². The quantitative estimate of drug-likeness (QED) is 0.733. The fourth-order valence-corrected chi connectivity index (χ4v) is 1.89. The molecule has 0 bridgehead atoms. The Kier molecular flexibility index (Phi) is 2.87. The van der Waals surface area contributed by atoms with Crippen molar-refractivity contribution in [1.29, 1.82) is 5.26 Å². The maximum Gasteiger partial charge on any atom is 0.182 e. The van der Waals surface area contributed by atoms with Crippen LogP contribution in [-0.2, 0) is 9.84 Å². The Morgan fingerprint density at radius 3 is 2.43 bits per heavy atom. The third-order valence-electron chi connectivity index (χ3n) is 1.80. The van der Waals surface area contributed by atoms with Crippen molar-refractivity contribution in [2.24, 2.45) is 0 Å². The molecule has 0 saturated carbocycles. The maximum absolute atomic E-state index is 11.6. The van der Waals surface area contributed by atoms with Crippen molar-refractivity contribution in [1.82, 2.24) is 4.98 Å². The molecule has 0 atom stereocenters. The molecule has 0 saturated heterocycles. The van der Waals surface area contributed by atoms with Crippen LogP contribution in [0, 0.1) is 11.3 Å². The Labute approximate surface area is 83.1 Å². The van der Waals surface area contributed by atoms with E-state index in [0.717, 1.165) is 0 Å². The van der Waals surface area contributed by atoms with Crippen LogP contribution in [0.1, 0.15) is 19.5 Å². The van der Waals surface area contributed by atoms with Gasteiger partial charge in [0.1, 0.15) is 11.8 Å². The number of hydrogen-bond acceptors (Lipinski definition) is 4. The number of nitrogens with zero attached hydrogens (tertiary/aromatic N) is 2. The lowest BCUT2D eigenvalue weighted by molar-refractivity contribution is 0.587. The van der Waals surface area contributed by atoms with Crippen molar-refractivity contribution >= 4 is 9.84 Å². The molecular weight excluding hydrogens is 200 g/mol. The molecule has 1 aromatic heterocycles. The zero-order chi connectivity index (χ0) is 10.8. The third kappa shape index (κ3) is 1.91. The normalized spacial score (nSPS) is 11.3. The molecule has 5 heteroatoms. The Morgan fingerprint density at radius 2 is 2.07 bits per heavy atom. The summed E-state index contributed by atoms with van der Waals surface area (Å²) in [5, 5.41) is 8.00. The minimum Gasteiger partial charge on any atom is -0.244 e. The number of nitriles is 1. The fraction of sp³-hybridized carbons (Fsp3) is 0.333. The molecule has 1 rings (SSSR count). The monoisotopic (exact) mass is 210 g/mol. The van der Waals surface area contributed by atoms with E-state index in [1.807, 2.05) is 6.07 Å². The summed E-state index contributed by atoms with van der Waals surface area (Å²) in [6.45, 7) is 3.21. The van der Waals surface area contributed by atoms with Gasteiger partial charge in [-0.2, -0.15) is 5.26 Å². The van der Waals surface area contributed by atoms with Crippen molar-refractivity contribution in [2.75, 3.05) is 0 Å². The zero-order valence-electron chi connectivity index (χ0n) is 7.93. The number of aromatic nitrogens is 1. The predicted molar refractivity (Wildman–Crippen MR) is 51.3 cm³/mol. The minimum atomic E-state index is -3.27. The summed E-state index contributed by atoms with van der Waals surface area (Å²) in [7, 11) is -3.27. The van der Waals surface area contributed by atoms with Gasteiger partial charge >= 0.3 is 0 Å². The second-order valence-corrected chi connectivity index (χ2v) is 5.59. The van der Waals surface area contributed by atoms with Crippen LogP contribution in [0.2, 0.25) is 0 Å². The van der Waals surface area contributed by atoms with Gasteiger partial charge in [0.05, 0.1) is 10.1 Å². The summed E-state index contributed by atoms with van der Waals surface area (Å²) in [4.78, 5) is 3.86. The number of pyridine rings is 1. The van der Waals surface area contributed by atoms with E-state index in [4.69, 9.17) is 5.26 Å². The second kappa shape index (κ2) is 3.76. The molecule has 0 N–H and O–H groups in total. The first-order valence-electron chi connectivity index (χ1n) is 4.08. The maximum atomic E-state index is 11.6. The van der Waals surface area contributed by atoms with Gasteiger partial charge in [-0.05, 0) is 26.0 Å². The Balaban J connectivity index is 3.18. The molecular formula is C9H10N2O2S. The molecule has 0 spiro atoms. The summed E-state index contributed by atoms with van der Waals surface area (Å²) >= 11 is 0. The Hall–Kier alpha value is -1.41. The highest BCUT2D eigenvalue weighted by Crippen LogP contribution is 2.14. The highest BCUT2D eigenvalue weighted by atomic mass is 32.2. The van der Waals surface area contributed by atoms with Crippen molar-refractivity contribution in [3.63, 3.8) is 0 Å². The molecule has 14 heavy (non-hydrogen) atoms. The van der Waals surface area contributed by atoms with Gasteiger partial charge in [0.25, 0.3) is 0 Å². The average Bonchev–Trinajstić information content (AvgIpc) is 2.17. The molecule has 0 aliphatic heterocycles. The molecule has 4 nitrogen and oxygen atoms in total. The summed E-state index contributed by atoms with van der Waals surface area (Å²) in [5.41, 5.74) is 0.215. The van der Waals surface area contributed by atoms with E-state index in [1.54, 1.807) is 13.8 Å². The third-order valence-corrected chi connectivity index (χ3v) is 3.94. The van der Waals surface area contributed by atoms with Crippen LogP contribution in [0.3, 0.4) is 0 Å². The van der Waals surface area contributed by atoms with Crippen LogP contribution in [0.5, 0.6) is 0 Å². The second-order valence-electron chi connectivity index (χ2n) is 3.08. The number of rotatable bonds is 2. The van der Waals surface area contributed by atoms with E-state index in [9.17, 15) is 8.42 Å². The summed E-state index contributed by atoms with van der Waals surface area (Å²) in [6.07, 6.45) is 1.22. The van der Waals surface area contributed by atoms with Gasteiger partial charge in [-0.3, -0.25) is 0 Å². The highest BCUT2D eigenvalue weighted by Gasteiger charge is 2.19. The lowest BCUT2D eigenvalue weighted by Gasteiger charge is -2.06. The molecule has 0 aliphatic carbocycles. The van der Waals surface area contributed by atoms with Gasteiger partial charge in [0.2, 0.25) is 0 Å². The van der Waals surface area contributed by atoms with Crippen LogP contribution in [0.4, 0.5) is 0 Å². The molecule has 74 valence electrons. The summed E-state index contributed by atoms with van der Waals surface area (Å²) < 4.78 is 23.2. The van der Waals surface area contributed by atoms with Crippen LogP contribution >= 0.6 is 0 Å². The van der Waals surface area contributed by atoms with Crippen LogP contribution in [0.15, 0.2) is 23.2 Å². The van der Waals surface area contributed by atoms with Gasteiger partial charge in [0, 0.05) is 6.20 Å². The molecule has 0 aliphatic rings. The first-order chi connectivity index (χ1) is 6.48. The Morgan fingerprint density at radius 1 is 1.43 bits per heavy atom. The van der Waals surface area contributed by atoms with E-state index in [0.29, 0.717) is 0 Å². The topological polar surface area (TPSA) is 70.8 Å². The fourth-order valence-electron chi connectivity index (χ4n) is 0.887. The number of sulfone groups is 1. The van der Waals surface area contributed by atoms with E-state index < -0.39 is 15.1 Å². The molecule has 1 heterocycles. The van der Waals surface area contributed by atoms with Gasteiger partial charge in [0.15, 0.2) is 9.84 Å².